The maximum Gasteiger partial charge on any atom is 0.253 e. The third-order valence-electron chi connectivity index (χ3n) is 3.88. The summed E-state index contributed by atoms with van der Waals surface area (Å²) < 4.78 is 7.40. The molecule has 23 heavy (non-hydrogen) atoms. The zero-order valence-electron chi connectivity index (χ0n) is 13.3. The van der Waals surface area contributed by atoms with Gasteiger partial charge in [0, 0.05) is 25.2 Å². The van der Waals surface area contributed by atoms with Gasteiger partial charge in [-0.25, -0.2) is 4.98 Å². The molecule has 0 fully saturated rings. The molecule has 0 unspecified atom stereocenters. The van der Waals surface area contributed by atoms with Crippen LogP contribution in [0.5, 0.6) is 5.88 Å². The quantitative estimate of drug-likeness (QED) is 0.908. The summed E-state index contributed by atoms with van der Waals surface area (Å²) in [4.78, 5) is 16.3. The second-order valence-corrected chi connectivity index (χ2v) is 5.50. The molecule has 2 aromatic rings. The number of carbonyl (C=O) groups excluding carboxylic acids is 1. The minimum Gasteiger partial charge on any atom is -0.478 e. The zero-order chi connectivity index (χ0) is 16.1. The van der Waals surface area contributed by atoms with E-state index in [0.29, 0.717) is 24.6 Å². The van der Waals surface area contributed by atoms with E-state index in [4.69, 9.17) is 4.74 Å². The SMILES string of the molecule is CCOc1ccc(C(=O)NCc2nnc3n2CCCCC3)cn1. The number of hydrogen-bond donors (Lipinski definition) is 1. The van der Waals surface area contributed by atoms with E-state index < -0.39 is 0 Å². The van der Waals surface area contributed by atoms with Crippen LogP contribution < -0.4 is 10.1 Å². The van der Waals surface area contributed by atoms with Crippen molar-refractivity contribution in [2.45, 2.75) is 45.7 Å². The summed E-state index contributed by atoms with van der Waals surface area (Å²) in [6, 6.07) is 3.40. The van der Waals surface area contributed by atoms with E-state index in [9.17, 15) is 4.79 Å². The molecule has 0 aliphatic carbocycles. The van der Waals surface area contributed by atoms with Gasteiger partial charge in [0.25, 0.3) is 5.91 Å². The van der Waals surface area contributed by atoms with Crippen molar-refractivity contribution >= 4 is 5.91 Å². The summed E-state index contributed by atoms with van der Waals surface area (Å²) in [7, 11) is 0. The fraction of sp³-hybridized carbons (Fsp3) is 0.500. The third kappa shape index (κ3) is 3.67. The van der Waals surface area contributed by atoms with Gasteiger partial charge in [-0.2, -0.15) is 0 Å². The van der Waals surface area contributed by atoms with Crippen LogP contribution in [0.2, 0.25) is 0 Å². The lowest BCUT2D eigenvalue weighted by Gasteiger charge is -2.08. The summed E-state index contributed by atoms with van der Waals surface area (Å²) >= 11 is 0. The van der Waals surface area contributed by atoms with Crippen LogP contribution in [0.4, 0.5) is 0 Å². The van der Waals surface area contributed by atoms with Gasteiger partial charge in [-0.1, -0.05) is 6.42 Å². The van der Waals surface area contributed by atoms with Gasteiger partial charge < -0.3 is 14.6 Å². The van der Waals surface area contributed by atoms with E-state index >= 15 is 0 Å². The molecule has 0 aromatic carbocycles. The molecule has 1 amide bonds. The Hall–Kier alpha value is -2.44. The first-order valence-electron chi connectivity index (χ1n) is 8.06. The van der Waals surface area contributed by atoms with Crippen LogP contribution in [0.3, 0.4) is 0 Å². The Balaban J connectivity index is 1.62. The number of fused-ring (bicyclic) bond motifs is 1. The van der Waals surface area contributed by atoms with Gasteiger partial charge in [-0.15, -0.1) is 10.2 Å². The Morgan fingerprint density at radius 3 is 3.00 bits per heavy atom. The van der Waals surface area contributed by atoms with Crippen molar-refractivity contribution in [2.24, 2.45) is 0 Å². The van der Waals surface area contributed by atoms with Gasteiger partial charge in [-0.05, 0) is 25.8 Å². The molecular formula is C16H21N5O2. The summed E-state index contributed by atoms with van der Waals surface area (Å²) in [6.45, 7) is 3.75. The maximum absolute atomic E-state index is 12.2. The zero-order valence-corrected chi connectivity index (χ0v) is 13.3. The molecule has 7 nitrogen and oxygen atoms in total. The minimum atomic E-state index is -0.175. The van der Waals surface area contributed by atoms with Crippen molar-refractivity contribution in [1.29, 1.82) is 0 Å². The average molecular weight is 315 g/mol. The monoisotopic (exact) mass is 315 g/mol. The highest BCUT2D eigenvalue weighted by atomic mass is 16.5. The number of ether oxygens (including phenoxy) is 1. The van der Waals surface area contributed by atoms with Crippen LogP contribution in [-0.4, -0.2) is 32.3 Å². The number of carbonyl (C=O) groups is 1. The number of pyridine rings is 1. The molecule has 0 saturated carbocycles. The van der Waals surface area contributed by atoms with Gasteiger partial charge in [0.15, 0.2) is 5.82 Å². The van der Waals surface area contributed by atoms with Crippen molar-refractivity contribution in [1.82, 2.24) is 25.1 Å². The van der Waals surface area contributed by atoms with Gasteiger partial charge in [0.05, 0.1) is 18.7 Å². The van der Waals surface area contributed by atoms with Crippen LogP contribution in [0.25, 0.3) is 0 Å². The average Bonchev–Trinajstić information content (AvgIpc) is 2.80. The highest BCUT2D eigenvalue weighted by Gasteiger charge is 2.15. The predicted octanol–water partition coefficient (Wildman–Crippen LogP) is 1.73. The van der Waals surface area contributed by atoms with Crippen molar-refractivity contribution < 1.29 is 9.53 Å². The van der Waals surface area contributed by atoms with Crippen molar-refractivity contribution in [3.8, 4) is 5.88 Å². The number of nitrogens with one attached hydrogen (secondary N) is 1. The van der Waals surface area contributed by atoms with Gasteiger partial charge in [-0.3, -0.25) is 4.79 Å². The standard InChI is InChI=1S/C16H21N5O2/c1-2-23-15-8-7-12(10-17-15)16(22)18-11-14-20-19-13-6-4-3-5-9-21(13)14/h7-8,10H,2-6,9,11H2,1H3,(H,18,22). The van der Waals surface area contributed by atoms with E-state index in [-0.39, 0.29) is 5.91 Å². The minimum absolute atomic E-state index is 0.175. The Morgan fingerprint density at radius 1 is 1.30 bits per heavy atom. The number of rotatable bonds is 5. The van der Waals surface area contributed by atoms with Crippen LogP contribution in [0, 0.1) is 0 Å². The number of aromatic nitrogens is 4. The Morgan fingerprint density at radius 2 is 2.22 bits per heavy atom. The molecule has 0 radical (unpaired) electrons. The second kappa shape index (κ2) is 7.21. The first-order chi connectivity index (χ1) is 11.3. The molecule has 0 bridgehead atoms. The van der Waals surface area contributed by atoms with Crippen molar-refractivity contribution in [3.05, 3.63) is 35.5 Å². The normalized spacial score (nSPS) is 14.0. The van der Waals surface area contributed by atoms with Crippen molar-refractivity contribution in [2.75, 3.05) is 6.61 Å². The Labute approximate surface area is 135 Å². The van der Waals surface area contributed by atoms with Crippen LogP contribution in [0.15, 0.2) is 18.3 Å². The van der Waals surface area contributed by atoms with E-state index in [1.54, 1.807) is 12.1 Å². The van der Waals surface area contributed by atoms with Crippen LogP contribution >= 0.6 is 0 Å². The summed E-state index contributed by atoms with van der Waals surface area (Å²) in [5.74, 6) is 2.18. The lowest BCUT2D eigenvalue weighted by Crippen LogP contribution is -2.25. The predicted molar refractivity (Wildman–Crippen MR) is 84.2 cm³/mol. The van der Waals surface area contributed by atoms with Gasteiger partial charge >= 0.3 is 0 Å². The number of hydrogen-bond acceptors (Lipinski definition) is 5. The topological polar surface area (TPSA) is 81.9 Å². The molecule has 7 heteroatoms. The summed E-state index contributed by atoms with van der Waals surface area (Å²) in [6.07, 6.45) is 5.98. The van der Waals surface area contributed by atoms with Crippen LogP contribution in [0.1, 0.15) is 48.2 Å². The van der Waals surface area contributed by atoms with E-state index in [0.717, 1.165) is 37.5 Å². The maximum atomic E-state index is 12.2. The van der Waals surface area contributed by atoms with Crippen LogP contribution in [-0.2, 0) is 19.5 Å². The fourth-order valence-corrected chi connectivity index (χ4v) is 2.69. The number of nitrogens with zero attached hydrogens (tertiary/aromatic N) is 4. The van der Waals surface area contributed by atoms with E-state index in [2.05, 4.69) is 25.1 Å². The van der Waals surface area contributed by atoms with E-state index in [1.807, 2.05) is 6.92 Å². The molecule has 122 valence electrons. The molecule has 3 heterocycles. The largest absolute Gasteiger partial charge is 0.478 e. The summed E-state index contributed by atoms with van der Waals surface area (Å²) in [5.41, 5.74) is 0.504. The molecule has 0 saturated heterocycles. The molecule has 1 aliphatic heterocycles. The molecule has 3 rings (SSSR count). The molecule has 1 aliphatic rings. The fourth-order valence-electron chi connectivity index (χ4n) is 2.69. The Kier molecular flexibility index (Phi) is 4.85. The number of amides is 1. The van der Waals surface area contributed by atoms with E-state index in [1.165, 1.54) is 12.6 Å². The third-order valence-corrected chi connectivity index (χ3v) is 3.88. The lowest BCUT2D eigenvalue weighted by atomic mass is 10.2. The molecule has 0 spiro atoms. The first-order valence-corrected chi connectivity index (χ1v) is 8.06. The van der Waals surface area contributed by atoms with Crippen molar-refractivity contribution in [3.63, 3.8) is 0 Å². The molecule has 2 aromatic heterocycles. The van der Waals surface area contributed by atoms with Gasteiger partial charge in [0.2, 0.25) is 5.88 Å². The Bertz CT molecular complexity index is 666. The number of aryl methyl sites for hydroxylation is 1. The summed E-state index contributed by atoms with van der Waals surface area (Å²) in [5, 5.41) is 11.3. The highest BCUT2D eigenvalue weighted by molar-refractivity contribution is 5.93. The molecule has 1 N–H and O–H groups in total. The molecule has 0 atom stereocenters. The smallest absolute Gasteiger partial charge is 0.253 e. The lowest BCUT2D eigenvalue weighted by molar-refractivity contribution is 0.0949. The first kappa shape index (κ1) is 15.5. The highest BCUT2D eigenvalue weighted by Crippen LogP contribution is 2.14. The second-order valence-electron chi connectivity index (χ2n) is 5.50. The van der Waals surface area contributed by atoms with Gasteiger partial charge in [0.1, 0.15) is 5.82 Å². The molecular weight excluding hydrogens is 294 g/mol.